The summed E-state index contributed by atoms with van der Waals surface area (Å²) in [5.41, 5.74) is -0.118. The number of aryl methyl sites for hydroxylation is 1. The van der Waals surface area contributed by atoms with Crippen LogP contribution in [0.5, 0.6) is 0 Å². The second kappa shape index (κ2) is 6.40. The average molecular weight is 289 g/mol. The summed E-state index contributed by atoms with van der Waals surface area (Å²) in [5.74, 6) is -2.04. The molecule has 7 heteroatoms. The zero-order valence-electron chi connectivity index (χ0n) is 11.0. The van der Waals surface area contributed by atoms with Gasteiger partial charge >= 0.3 is 18.1 Å². The van der Waals surface area contributed by atoms with E-state index in [-0.39, 0.29) is 18.7 Å². The Morgan fingerprint density at radius 2 is 1.90 bits per heavy atom. The number of amides is 1. The molecule has 110 valence electrons. The highest BCUT2D eigenvalue weighted by Crippen LogP contribution is 2.30. The van der Waals surface area contributed by atoms with Crippen LogP contribution < -0.4 is 5.32 Å². The van der Waals surface area contributed by atoms with Gasteiger partial charge in [-0.05, 0) is 31.5 Å². The molecule has 0 aliphatic carbocycles. The monoisotopic (exact) mass is 289 g/mol. The van der Waals surface area contributed by atoms with Gasteiger partial charge in [0.15, 0.2) is 0 Å². The summed E-state index contributed by atoms with van der Waals surface area (Å²) >= 11 is 0. The Labute approximate surface area is 113 Å². The summed E-state index contributed by atoms with van der Waals surface area (Å²) in [7, 11) is 0. The van der Waals surface area contributed by atoms with Crippen LogP contribution >= 0.6 is 0 Å². The van der Waals surface area contributed by atoms with Crippen LogP contribution in [0.4, 0.5) is 13.2 Å². The predicted molar refractivity (Wildman–Crippen MR) is 64.7 cm³/mol. The maximum Gasteiger partial charge on any atom is 0.416 e. The molecule has 0 spiro atoms. The van der Waals surface area contributed by atoms with Crippen LogP contribution in [0.25, 0.3) is 0 Å². The van der Waals surface area contributed by atoms with Crippen molar-refractivity contribution in [2.24, 2.45) is 0 Å². The lowest BCUT2D eigenvalue weighted by atomic mass is 10.1. The molecular weight excluding hydrogens is 275 g/mol. The Balaban J connectivity index is 2.76. The maximum absolute atomic E-state index is 12.6. The second-order valence-electron chi connectivity index (χ2n) is 4.11. The van der Waals surface area contributed by atoms with Crippen molar-refractivity contribution in [3.8, 4) is 0 Å². The minimum absolute atomic E-state index is 0.0505. The van der Waals surface area contributed by atoms with Gasteiger partial charge in [-0.3, -0.25) is 4.79 Å². The molecule has 1 aromatic rings. The molecule has 0 fully saturated rings. The predicted octanol–water partition coefficient (Wildman–Crippen LogP) is 2.19. The van der Waals surface area contributed by atoms with Gasteiger partial charge in [-0.25, -0.2) is 4.79 Å². The van der Waals surface area contributed by atoms with E-state index >= 15 is 0 Å². The second-order valence-corrected chi connectivity index (χ2v) is 4.11. The summed E-state index contributed by atoms with van der Waals surface area (Å²) in [4.78, 5) is 22.3. The summed E-state index contributed by atoms with van der Waals surface area (Å²) in [6.07, 6.45) is -4.45. The third kappa shape index (κ3) is 4.56. The maximum atomic E-state index is 12.6. The molecule has 0 aromatic heterocycles. The van der Waals surface area contributed by atoms with Gasteiger partial charge in [0.05, 0.1) is 12.2 Å². The van der Waals surface area contributed by atoms with Gasteiger partial charge in [0.1, 0.15) is 0 Å². The Morgan fingerprint density at radius 3 is 2.45 bits per heavy atom. The lowest BCUT2D eigenvalue weighted by Gasteiger charge is -2.11. The third-order valence-electron chi connectivity index (χ3n) is 2.38. The minimum Gasteiger partial charge on any atom is -0.459 e. The molecule has 1 amide bonds. The van der Waals surface area contributed by atoms with Crippen molar-refractivity contribution in [2.45, 2.75) is 26.6 Å². The summed E-state index contributed by atoms with van der Waals surface area (Å²) in [6, 6.07) is 3.44. The van der Waals surface area contributed by atoms with E-state index in [2.05, 4.69) is 10.1 Å². The zero-order chi connectivity index (χ0) is 15.3. The van der Waals surface area contributed by atoms with Crippen molar-refractivity contribution >= 4 is 11.9 Å². The highest BCUT2D eigenvalue weighted by Gasteiger charge is 2.30. The first-order valence-corrected chi connectivity index (χ1v) is 5.86. The molecule has 0 radical (unpaired) electrons. The molecule has 1 rings (SSSR count). The molecule has 0 saturated heterocycles. The smallest absolute Gasteiger partial charge is 0.416 e. The van der Waals surface area contributed by atoms with Crippen LogP contribution in [0, 0.1) is 6.92 Å². The van der Waals surface area contributed by atoms with E-state index in [9.17, 15) is 22.8 Å². The van der Waals surface area contributed by atoms with E-state index in [4.69, 9.17) is 0 Å². The lowest BCUT2D eigenvalue weighted by molar-refractivity contribution is -0.154. The normalized spacial score (nSPS) is 11.1. The standard InChI is InChI=1S/C13H14F3NO3/c1-3-20-12(19)11(18)17-7-9-4-8(2)5-10(6-9)13(14,15)16/h4-6H,3,7H2,1-2H3,(H,17,18). The fraction of sp³-hybridized carbons (Fsp3) is 0.385. The van der Waals surface area contributed by atoms with Crippen molar-refractivity contribution in [2.75, 3.05) is 6.61 Å². The van der Waals surface area contributed by atoms with Crippen molar-refractivity contribution < 1.29 is 27.5 Å². The van der Waals surface area contributed by atoms with Gasteiger partial charge < -0.3 is 10.1 Å². The zero-order valence-corrected chi connectivity index (χ0v) is 11.0. The van der Waals surface area contributed by atoms with E-state index in [1.807, 2.05) is 0 Å². The van der Waals surface area contributed by atoms with Crippen LogP contribution in [0.2, 0.25) is 0 Å². The molecule has 0 aliphatic rings. The Hall–Kier alpha value is -2.05. The number of carbonyl (C=O) groups excluding carboxylic acids is 2. The van der Waals surface area contributed by atoms with E-state index < -0.39 is 23.6 Å². The third-order valence-corrected chi connectivity index (χ3v) is 2.38. The molecule has 0 saturated carbocycles. The van der Waals surface area contributed by atoms with Gasteiger partial charge in [0.25, 0.3) is 0 Å². The molecular formula is C13H14F3NO3. The van der Waals surface area contributed by atoms with Gasteiger partial charge in [0.2, 0.25) is 0 Å². The first-order valence-electron chi connectivity index (χ1n) is 5.86. The van der Waals surface area contributed by atoms with E-state index in [1.165, 1.54) is 13.0 Å². The van der Waals surface area contributed by atoms with Crippen molar-refractivity contribution in [3.63, 3.8) is 0 Å². The topological polar surface area (TPSA) is 55.4 Å². The lowest BCUT2D eigenvalue weighted by Crippen LogP contribution is -2.32. The molecule has 0 unspecified atom stereocenters. The first-order chi connectivity index (χ1) is 9.24. The summed E-state index contributed by atoms with van der Waals surface area (Å²) in [5, 5.41) is 2.21. The number of hydrogen-bond donors (Lipinski definition) is 1. The average Bonchev–Trinajstić information content (AvgIpc) is 2.34. The van der Waals surface area contributed by atoms with Gasteiger partial charge in [0, 0.05) is 6.54 Å². The minimum atomic E-state index is -4.45. The highest BCUT2D eigenvalue weighted by atomic mass is 19.4. The van der Waals surface area contributed by atoms with Gasteiger partial charge in [-0.1, -0.05) is 11.6 Å². The van der Waals surface area contributed by atoms with Crippen LogP contribution in [-0.4, -0.2) is 18.5 Å². The van der Waals surface area contributed by atoms with Crippen LogP contribution in [0.1, 0.15) is 23.6 Å². The van der Waals surface area contributed by atoms with E-state index in [0.717, 1.165) is 12.1 Å². The van der Waals surface area contributed by atoms with Gasteiger partial charge in [-0.15, -0.1) is 0 Å². The Bertz CT molecular complexity index is 512. The number of esters is 1. The van der Waals surface area contributed by atoms with Gasteiger partial charge in [-0.2, -0.15) is 13.2 Å². The molecule has 4 nitrogen and oxygen atoms in total. The number of rotatable bonds is 3. The molecule has 0 aliphatic heterocycles. The van der Waals surface area contributed by atoms with Crippen LogP contribution in [0.3, 0.4) is 0 Å². The Kier molecular flexibility index (Phi) is 5.12. The van der Waals surface area contributed by atoms with E-state index in [0.29, 0.717) is 5.56 Å². The fourth-order valence-corrected chi connectivity index (χ4v) is 1.58. The SMILES string of the molecule is CCOC(=O)C(=O)NCc1cc(C)cc(C(F)(F)F)c1. The van der Waals surface area contributed by atoms with E-state index in [1.54, 1.807) is 6.92 Å². The fourth-order valence-electron chi connectivity index (χ4n) is 1.58. The Morgan fingerprint density at radius 1 is 1.25 bits per heavy atom. The molecule has 1 aromatic carbocycles. The first kappa shape index (κ1) is 16.0. The molecule has 20 heavy (non-hydrogen) atoms. The van der Waals surface area contributed by atoms with Crippen LogP contribution in [0.15, 0.2) is 18.2 Å². The number of alkyl halides is 3. The summed E-state index contributed by atoms with van der Waals surface area (Å²) < 4.78 is 42.3. The largest absolute Gasteiger partial charge is 0.459 e. The molecule has 0 heterocycles. The molecule has 0 bridgehead atoms. The number of benzene rings is 1. The molecule has 0 atom stereocenters. The van der Waals surface area contributed by atoms with Crippen LogP contribution in [-0.2, 0) is 27.0 Å². The molecule has 1 N–H and O–H groups in total. The highest BCUT2D eigenvalue weighted by molar-refractivity contribution is 6.32. The van der Waals surface area contributed by atoms with Crippen molar-refractivity contribution in [1.82, 2.24) is 5.32 Å². The van der Waals surface area contributed by atoms with Crippen molar-refractivity contribution in [3.05, 3.63) is 34.9 Å². The number of nitrogens with one attached hydrogen (secondary N) is 1. The number of halogens is 3. The quantitative estimate of drug-likeness (QED) is 0.685. The number of ether oxygens (including phenoxy) is 1. The number of hydrogen-bond acceptors (Lipinski definition) is 3. The van der Waals surface area contributed by atoms with Crippen molar-refractivity contribution in [1.29, 1.82) is 0 Å². The number of carbonyl (C=O) groups is 2. The summed E-state index contributed by atoms with van der Waals surface area (Å²) in [6.45, 7) is 2.94.